The zero-order chi connectivity index (χ0) is 18.5. The highest BCUT2D eigenvalue weighted by atomic mass is 16.2. The Kier molecular flexibility index (Phi) is 6.43. The topological polar surface area (TPSA) is 81.3 Å². The summed E-state index contributed by atoms with van der Waals surface area (Å²) in [6.45, 7) is 6.61. The molecule has 0 spiro atoms. The van der Waals surface area contributed by atoms with Crippen molar-refractivity contribution in [1.29, 1.82) is 0 Å². The van der Waals surface area contributed by atoms with Crippen molar-refractivity contribution in [1.82, 2.24) is 25.1 Å². The van der Waals surface area contributed by atoms with Gasteiger partial charge in [-0.3, -0.25) is 14.5 Å². The predicted octanol–water partition coefficient (Wildman–Crippen LogP) is 0.543. The standard InChI is InChI=1S/C19H31N5O2/c1-14-12-18(25)22-17(21-14)5-8-20-19(26)15-4-3-9-24(13-15)16-6-10-23(2)11-7-16/h12,15-16H,3-11,13H2,1-2H3,(H,20,26)(H,21,22,25)/t15-/m1/s1. The number of aryl methyl sites for hydroxylation is 1. The lowest BCUT2D eigenvalue weighted by Gasteiger charge is -2.41. The predicted molar refractivity (Wildman–Crippen MR) is 101 cm³/mol. The third-order valence-corrected chi connectivity index (χ3v) is 5.61. The van der Waals surface area contributed by atoms with E-state index in [1.165, 1.54) is 18.9 Å². The van der Waals surface area contributed by atoms with Crippen LogP contribution in [0.3, 0.4) is 0 Å². The SMILES string of the molecule is Cc1cc(=O)[nH]c(CCNC(=O)[C@@H]2CCCN(C3CCN(C)CC3)C2)n1. The summed E-state index contributed by atoms with van der Waals surface area (Å²) in [5, 5.41) is 3.03. The van der Waals surface area contributed by atoms with Gasteiger partial charge in [-0.25, -0.2) is 4.98 Å². The van der Waals surface area contributed by atoms with Crippen molar-refractivity contribution < 1.29 is 4.79 Å². The number of aromatic nitrogens is 2. The van der Waals surface area contributed by atoms with E-state index in [4.69, 9.17) is 0 Å². The molecule has 1 atom stereocenters. The first kappa shape index (κ1) is 19.0. The van der Waals surface area contributed by atoms with Gasteiger partial charge < -0.3 is 15.2 Å². The molecule has 3 heterocycles. The molecule has 2 fully saturated rings. The molecule has 0 saturated carbocycles. The number of rotatable bonds is 5. The fraction of sp³-hybridized carbons (Fsp3) is 0.737. The summed E-state index contributed by atoms with van der Waals surface area (Å²) in [7, 11) is 2.18. The summed E-state index contributed by atoms with van der Waals surface area (Å²) >= 11 is 0. The molecular formula is C19H31N5O2. The van der Waals surface area contributed by atoms with Gasteiger partial charge in [0.05, 0.1) is 5.92 Å². The maximum atomic E-state index is 12.6. The quantitative estimate of drug-likeness (QED) is 0.800. The number of nitrogens with one attached hydrogen (secondary N) is 2. The minimum atomic E-state index is -0.139. The Balaban J connectivity index is 1.46. The van der Waals surface area contributed by atoms with Gasteiger partial charge in [0.25, 0.3) is 5.56 Å². The normalized spacial score (nSPS) is 23.1. The molecule has 26 heavy (non-hydrogen) atoms. The van der Waals surface area contributed by atoms with E-state index in [2.05, 4.69) is 32.1 Å². The minimum Gasteiger partial charge on any atom is -0.355 e. The summed E-state index contributed by atoms with van der Waals surface area (Å²) in [6.07, 6.45) is 5.02. The van der Waals surface area contributed by atoms with E-state index in [-0.39, 0.29) is 17.4 Å². The van der Waals surface area contributed by atoms with Gasteiger partial charge in [0.15, 0.2) is 0 Å². The van der Waals surface area contributed by atoms with Crippen LogP contribution in [0, 0.1) is 12.8 Å². The summed E-state index contributed by atoms with van der Waals surface area (Å²) < 4.78 is 0. The van der Waals surface area contributed by atoms with E-state index < -0.39 is 0 Å². The largest absolute Gasteiger partial charge is 0.355 e. The summed E-state index contributed by atoms with van der Waals surface area (Å²) in [5.41, 5.74) is 0.566. The Morgan fingerprint density at radius 1 is 1.31 bits per heavy atom. The second-order valence-corrected chi connectivity index (χ2v) is 7.74. The van der Waals surface area contributed by atoms with E-state index in [9.17, 15) is 9.59 Å². The van der Waals surface area contributed by atoms with Gasteiger partial charge in [0.2, 0.25) is 5.91 Å². The smallest absolute Gasteiger partial charge is 0.251 e. The molecule has 2 aliphatic rings. The number of carbonyl (C=O) groups is 1. The Hall–Kier alpha value is -1.73. The molecule has 0 aliphatic carbocycles. The van der Waals surface area contributed by atoms with E-state index >= 15 is 0 Å². The molecule has 7 heteroatoms. The average molecular weight is 361 g/mol. The van der Waals surface area contributed by atoms with Crippen LogP contribution in [0.25, 0.3) is 0 Å². The minimum absolute atomic E-state index is 0.0768. The number of H-pyrrole nitrogens is 1. The highest BCUT2D eigenvalue weighted by molar-refractivity contribution is 5.78. The molecule has 7 nitrogen and oxygen atoms in total. The highest BCUT2D eigenvalue weighted by Gasteiger charge is 2.30. The van der Waals surface area contributed by atoms with Crippen LogP contribution in [0.15, 0.2) is 10.9 Å². The van der Waals surface area contributed by atoms with E-state index in [1.807, 2.05) is 0 Å². The monoisotopic (exact) mass is 361 g/mol. The molecule has 2 saturated heterocycles. The zero-order valence-electron chi connectivity index (χ0n) is 16.0. The maximum Gasteiger partial charge on any atom is 0.251 e. The molecule has 1 amide bonds. The fourth-order valence-corrected chi connectivity index (χ4v) is 4.12. The van der Waals surface area contributed by atoms with Gasteiger partial charge in [0, 0.05) is 37.3 Å². The number of carbonyl (C=O) groups excluding carboxylic acids is 1. The van der Waals surface area contributed by atoms with Crippen LogP contribution in [0.4, 0.5) is 0 Å². The van der Waals surface area contributed by atoms with Crippen molar-refractivity contribution in [3.05, 3.63) is 27.9 Å². The lowest BCUT2D eigenvalue weighted by Crippen LogP contribution is -2.50. The second kappa shape index (κ2) is 8.77. The first-order chi connectivity index (χ1) is 12.5. The average Bonchev–Trinajstić information content (AvgIpc) is 2.61. The van der Waals surface area contributed by atoms with Crippen molar-refractivity contribution in [2.24, 2.45) is 5.92 Å². The molecule has 0 unspecified atom stereocenters. The number of hydrogen-bond donors (Lipinski definition) is 2. The van der Waals surface area contributed by atoms with Crippen molar-refractivity contribution in [3.8, 4) is 0 Å². The lowest BCUT2D eigenvalue weighted by molar-refractivity contribution is -0.127. The summed E-state index contributed by atoms with van der Waals surface area (Å²) in [5.74, 6) is 0.845. The van der Waals surface area contributed by atoms with Crippen LogP contribution in [-0.4, -0.2) is 71.5 Å². The van der Waals surface area contributed by atoms with Crippen LogP contribution in [-0.2, 0) is 11.2 Å². The summed E-state index contributed by atoms with van der Waals surface area (Å²) in [4.78, 5) is 36.0. The second-order valence-electron chi connectivity index (χ2n) is 7.74. The molecule has 0 bridgehead atoms. The van der Waals surface area contributed by atoms with Crippen LogP contribution < -0.4 is 10.9 Å². The van der Waals surface area contributed by atoms with Crippen molar-refractivity contribution >= 4 is 5.91 Å². The number of likely N-dealkylation sites (tertiary alicyclic amines) is 2. The number of hydrogen-bond acceptors (Lipinski definition) is 5. The Labute approximate surface area is 155 Å². The Morgan fingerprint density at radius 3 is 2.81 bits per heavy atom. The van der Waals surface area contributed by atoms with Crippen molar-refractivity contribution in [2.75, 3.05) is 39.8 Å². The molecule has 2 aliphatic heterocycles. The molecule has 0 aromatic carbocycles. The lowest BCUT2D eigenvalue weighted by atomic mass is 9.93. The molecule has 144 valence electrons. The number of aromatic amines is 1. The molecule has 2 N–H and O–H groups in total. The Morgan fingerprint density at radius 2 is 2.08 bits per heavy atom. The zero-order valence-corrected chi connectivity index (χ0v) is 16.0. The van der Waals surface area contributed by atoms with Crippen LogP contribution >= 0.6 is 0 Å². The summed E-state index contributed by atoms with van der Waals surface area (Å²) in [6, 6.07) is 2.10. The van der Waals surface area contributed by atoms with Crippen molar-refractivity contribution in [3.63, 3.8) is 0 Å². The van der Waals surface area contributed by atoms with E-state index in [0.29, 0.717) is 30.5 Å². The van der Waals surface area contributed by atoms with E-state index in [1.54, 1.807) is 6.92 Å². The molecule has 1 aromatic heterocycles. The molecule has 3 rings (SSSR count). The molecule has 1 aromatic rings. The van der Waals surface area contributed by atoms with Gasteiger partial charge in [-0.1, -0.05) is 0 Å². The van der Waals surface area contributed by atoms with Gasteiger partial charge in [-0.15, -0.1) is 0 Å². The van der Waals surface area contributed by atoms with Crippen molar-refractivity contribution in [2.45, 2.75) is 45.1 Å². The first-order valence-corrected chi connectivity index (χ1v) is 9.78. The van der Waals surface area contributed by atoms with Gasteiger partial charge in [-0.2, -0.15) is 0 Å². The van der Waals surface area contributed by atoms with Gasteiger partial charge >= 0.3 is 0 Å². The number of nitrogens with zero attached hydrogens (tertiary/aromatic N) is 3. The first-order valence-electron chi connectivity index (χ1n) is 9.78. The van der Waals surface area contributed by atoms with Crippen LogP contribution in [0.5, 0.6) is 0 Å². The highest BCUT2D eigenvalue weighted by Crippen LogP contribution is 2.23. The molecule has 0 radical (unpaired) electrons. The van der Waals surface area contributed by atoms with E-state index in [0.717, 1.165) is 39.0 Å². The Bertz CT molecular complexity index is 666. The molecular weight excluding hydrogens is 330 g/mol. The number of amides is 1. The van der Waals surface area contributed by atoms with Crippen LogP contribution in [0.1, 0.15) is 37.2 Å². The fourth-order valence-electron chi connectivity index (χ4n) is 4.12. The van der Waals surface area contributed by atoms with Gasteiger partial charge in [0.1, 0.15) is 5.82 Å². The van der Waals surface area contributed by atoms with Gasteiger partial charge in [-0.05, 0) is 59.3 Å². The number of piperidine rings is 2. The van der Waals surface area contributed by atoms with Crippen LogP contribution in [0.2, 0.25) is 0 Å². The third-order valence-electron chi connectivity index (χ3n) is 5.61. The maximum absolute atomic E-state index is 12.6. The third kappa shape index (κ3) is 5.14.